The first-order chi connectivity index (χ1) is 20.4. The Balaban J connectivity index is 0.00000119. The summed E-state index contributed by atoms with van der Waals surface area (Å²) in [6.07, 6.45) is 0.0492. The number of nitrogens with zero attached hydrogens (tertiary/aromatic N) is 3. The van der Waals surface area contributed by atoms with Gasteiger partial charge in [-0.15, -0.1) is 0 Å². The largest absolute Gasteiger partial charge is 0.460 e. The van der Waals surface area contributed by atoms with Crippen molar-refractivity contribution in [3.8, 4) is 6.01 Å². The molecule has 4 rings (SSSR count). The molecule has 230 valence electrons. The summed E-state index contributed by atoms with van der Waals surface area (Å²) < 4.78 is 45.0. The van der Waals surface area contributed by atoms with Crippen LogP contribution in [-0.4, -0.2) is 66.3 Å². The summed E-state index contributed by atoms with van der Waals surface area (Å²) in [6, 6.07) is 9.11. The molecule has 1 aliphatic heterocycles. The van der Waals surface area contributed by atoms with Gasteiger partial charge in [-0.05, 0) is 62.7 Å². The van der Waals surface area contributed by atoms with Crippen LogP contribution in [0.5, 0.6) is 6.01 Å². The van der Waals surface area contributed by atoms with E-state index in [2.05, 4.69) is 37.9 Å². The standard InChI is InChI=1S/C27H29F3N6O3.C3H6O/c1-16-7-8-19(33-24(37)17-5-4-6-18(13-17)27(28,29)30)14-22(16)34-25(38)21-15-32-26(35-23(21)31-2)39-20-9-11-36(3)12-10-20;1-2-3-4/h4-8,13-15,20H,9-12H2,1-3H3,(H,33,37)(H,34,38)(H,31,32,35);3H,2H2,1H3. The summed E-state index contributed by atoms with van der Waals surface area (Å²) in [5.74, 6) is -0.917. The number of ether oxygens (including phenoxy) is 1. The SMILES string of the molecule is CCC=O.CNc1nc(OC2CCN(C)CC2)ncc1C(=O)Nc1cc(NC(=O)c2cccc(C(F)(F)F)c2)ccc1C. The van der Waals surface area contributed by atoms with Crippen molar-refractivity contribution in [2.75, 3.05) is 43.1 Å². The van der Waals surface area contributed by atoms with Gasteiger partial charge in [0, 0.05) is 49.7 Å². The van der Waals surface area contributed by atoms with Crippen molar-refractivity contribution in [2.24, 2.45) is 0 Å². The molecular formula is C30H35F3N6O4. The zero-order valence-corrected chi connectivity index (χ0v) is 24.4. The predicted octanol–water partition coefficient (Wildman–Crippen LogP) is 5.42. The second kappa shape index (κ2) is 15.1. The number of piperidine rings is 1. The number of carbonyl (C=O) groups is 3. The zero-order chi connectivity index (χ0) is 31.6. The molecule has 1 fully saturated rings. The lowest BCUT2D eigenvalue weighted by atomic mass is 10.1. The number of amides is 2. The Labute approximate surface area is 248 Å². The smallest absolute Gasteiger partial charge is 0.416 e. The van der Waals surface area contributed by atoms with E-state index in [0.717, 1.165) is 44.4 Å². The normalized spacial score (nSPS) is 13.7. The average molecular weight is 601 g/mol. The molecule has 2 aromatic carbocycles. The molecule has 0 bridgehead atoms. The number of hydrogen-bond donors (Lipinski definition) is 3. The van der Waals surface area contributed by atoms with Crippen LogP contribution in [0.2, 0.25) is 0 Å². The number of nitrogens with one attached hydrogen (secondary N) is 3. The molecule has 2 heterocycles. The van der Waals surface area contributed by atoms with E-state index < -0.39 is 23.6 Å². The van der Waals surface area contributed by atoms with Crippen molar-refractivity contribution in [1.82, 2.24) is 14.9 Å². The number of aryl methyl sites for hydroxylation is 1. The lowest BCUT2D eigenvalue weighted by Crippen LogP contribution is -2.36. The third kappa shape index (κ3) is 9.50. The van der Waals surface area contributed by atoms with Crippen LogP contribution in [0, 0.1) is 6.92 Å². The van der Waals surface area contributed by atoms with Crippen molar-refractivity contribution in [3.63, 3.8) is 0 Å². The van der Waals surface area contributed by atoms with Crippen molar-refractivity contribution >= 4 is 35.3 Å². The molecule has 0 aliphatic carbocycles. The second-order valence-electron chi connectivity index (χ2n) is 9.88. The molecule has 1 saturated heterocycles. The molecule has 1 aliphatic rings. The van der Waals surface area contributed by atoms with Gasteiger partial charge in [0.2, 0.25) is 0 Å². The first-order valence-electron chi connectivity index (χ1n) is 13.7. The van der Waals surface area contributed by atoms with Crippen molar-refractivity contribution in [3.05, 3.63) is 70.9 Å². The Morgan fingerprint density at radius 2 is 1.79 bits per heavy atom. The van der Waals surface area contributed by atoms with E-state index in [1.54, 1.807) is 26.1 Å². The maximum Gasteiger partial charge on any atom is 0.416 e. The molecule has 0 spiro atoms. The van der Waals surface area contributed by atoms with Crippen LogP contribution in [0.1, 0.15) is 58.0 Å². The second-order valence-corrected chi connectivity index (χ2v) is 9.88. The van der Waals surface area contributed by atoms with Gasteiger partial charge in [0.15, 0.2) is 0 Å². The van der Waals surface area contributed by atoms with Crippen molar-refractivity contribution in [2.45, 2.75) is 45.4 Å². The van der Waals surface area contributed by atoms with Crippen LogP contribution < -0.4 is 20.7 Å². The Bertz CT molecular complexity index is 1430. The maximum atomic E-state index is 13.1. The first-order valence-corrected chi connectivity index (χ1v) is 13.7. The number of aromatic nitrogens is 2. The highest BCUT2D eigenvalue weighted by atomic mass is 19.4. The van der Waals surface area contributed by atoms with Gasteiger partial charge in [-0.2, -0.15) is 18.2 Å². The maximum absolute atomic E-state index is 13.1. The summed E-state index contributed by atoms with van der Waals surface area (Å²) in [5, 5.41) is 8.25. The molecule has 3 N–H and O–H groups in total. The fraction of sp³-hybridized carbons (Fsp3) is 0.367. The van der Waals surface area contributed by atoms with E-state index in [4.69, 9.17) is 4.74 Å². The van der Waals surface area contributed by atoms with Crippen LogP contribution in [0.15, 0.2) is 48.7 Å². The molecule has 0 unspecified atom stereocenters. The van der Waals surface area contributed by atoms with Gasteiger partial charge in [-0.3, -0.25) is 9.59 Å². The minimum Gasteiger partial charge on any atom is -0.460 e. The van der Waals surface area contributed by atoms with E-state index in [1.165, 1.54) is 24.4 Å². The quantitative estimate of drug-likeness (QED) is 0.293. The van der Waals surface area contributed by atoms with E-state index in [1.807, 2.05) is 6.92 Å². The molecule has 0 saturated carbocycles. The van der Waals surface area contributed by atoms with Gasteiger partial charge < -0.3 is 30.4 Å². The van der Waals surface area contributed by atoms with Gasteiger partial charge in [0.05, 0.1) is 5.56 Å². The lowest BCUT2D eigenvalue weighted by molar-refractivity contribution is -0.137. The minimum atomic E-state index is -4.56. The van der Waals surface area contributed by atoms with Gasteiger partial charge in [-0.25, -0.2) is 4.98 Å². The van der Waals surface area contributed by atoms with Crippen molar-refractivity contribution < 1.29 is 32.3 Å². The van der Waals surface area contributed by atoms with Gasteiger partial charge in [0.25, 0.3) is 11.8 Å². The Hall–Kier alpha value is -4.52. The number of aldehydes is 1. The Kier molecular flexibility index (Phi) is 11.6. The average Bonchev–Trinajstić information content (AvgIpc) is 2.99. The highest BCUT2D eigenvalue weighted by Gasteiger charge is 2.31. The van der Waals surface area contributed by atoms with Crippen LogP contribution in [0.4, 0.5) is 30.4 Å². The minimum absolute atomic E-state index is 0.00196. The number of benzene rings is 2. The zero-order valence-electron chi connectivity index (χ0n) is 24.4. The molecular weight excluding hydrogens is 565 g/mol. The molecule has 0 radical (unpaired) electrons. The van der Waals surface area contributed by atoms with Gasteiger partial charge in [0.1, 0.15) is 23.8 Å². The van der Waals surface area contributed by atoms with Crippen LogP contribution in [0.25, 0.3) is 0 Å². The van der Waals surface area contributed by atoms with Crippen LogP contribution >= 0.6 is 0 Å². The van der Waals surface area contributed by atoms with E-state index in [9.17, 15) is 27.6 Å². The van der Waals surface area contributed by atoms with Gasteiger partial charge in [-0.1, -0.05) is 19.1 Å². The number of hydrogen-bond acceptors (Lipinski definition) is 8. The number of halogens is 3. The Morgan fingerprint density at radius 3 is 2.42 bits per heavy atom. The summed E-state index contributed by atoms with van der Waals surface area (Å²) in [4.78, 5) is 45.7. The molecule has 1 aromatic heterocycles. The number of rotatable bonds is 8. The molecule has 10 nitrogen and oxygen atoms in total. The first kappa shape index (κ1) is 33.0. The number of alkyl halides is 3. The number of likely N-dealkylation sites (tertiary alicyclic amines) is 1. The topological polar surface area (TPSA) is 126 Å². The fourth-order valence-corrected chi connectivity index (χ4v) is 4.10. The summed E-state index contributed by atoms with van der Waals surface area (Å²) in [6.45, 7) is 5.42. The highest BCUT2D eigenvalue weighted by Crippen LogP contribution is 2.30. The van der Waals surface area contributed by atoms with Gasteiger partial charge >= 0.3 is 12.2 Å². The van der Waals surface area contributed by atoms with E-state index in [0.29, 0.717) is 23.4 Å². The molecule has 2 amide bonds. The highest BCUT2D eigenvalue weighted by molar-refractivity contribution is 6.08. The van der Waals surface area contributed by atoms with E-state index in [-0.39, 0.29) is 29.1 Å². The molecule has 13 heteroatoms. The molecule has 3 aromatic rings. The summed E-state index contributed by atoms with van der Waals surface area (Å²) >= 11 is 0. The Morgan fingerprint density at radius 1 is 1.09 bits per heavy atom. The third-order valence-electron chi connectivity index (χ3n) is 6.55. The fourth-order valence-electron chi connectivity index (χ4n) is 4.10. The predicted molar refractivity (Wildman–Crippen MR) is 158 cm³/mol. The summed E-state index contributed by atoms with van der Waals surface area (Å²) in [5.41, 5.74) is 0.521. The number of carbonyl (C=O) groups excluding carboxylic acids is 3. The van der Waals surface area contributed by atoms with E-state index >= 15 is 0 Å². The third-order valence-corrected chi connectivity index (χ3v) is 6.55. The summed E-state index contributed by atoms with van der Waals surface area (Å²) in [7, 11) is 3.69. The number of anilines is 3. The van der Waals surface area contributed by atoms with Crippen LogP contribution in [0.3, 0.4) is 0 Å². The molecule has 0 atom stereocenters. The monoisotopic (exact) mass is 600 g/mol. The van der Waals surface area contributed by atoms with Crippen LogP contribution in [-0.2, 0) is 11.0 Å². The van der Waals surface area contributed by atoms with Crippen molar-refractivity contribution in [1.29, 1.82) is 0 Å². The molecule has 43 heavy (non-hydrogen) atoms. The lowest BCUT2D eigenvalue weighted by Gasteiger charge is -2.28.